The van der Waals surface area contributed by atoms with Gasteiger partial charge in [-0.15, -0.1) is 0 Å². The molecular formula is C15H17ClN2O2S. The van der Waals surface area contributed by atoms with Gasteiger partial charge in [0.15, 0.2) is 0 Å². The van der Waals surface area contributed by atoms with Gasteiger partial charge < -0.3 is 5.32 Å². The molecule has 0 aromatic heterocycles. The Balaban J connectivity index is 2.06. The molecule has 0 fully saturated rings. The lowest BCUT2D eigenvalue weighted by Gasteiger charge is -2.16. The molecule has 21 heavy (non-hydrogen) atoms. The van der Waals surface area contributed by atoms with Crippen molar-refractivity contribution in [3.05, 3.63) is 59.1 Å². The molecular weight excluding hydrogens is 308 g/mol. The van der Waals surface area contributed by atoms with Crippen LogP contribution in [-0.2, 0) is 16.4 Å². The van der Waals surface area contributed by atoms with Gasteiger partial charge in [-0.1, -0.05) is 29.8 Å². The van der Waals surface area contributed by atoms with Gasteiger partial charge in [0.25, 0.3) is 0 Å². The summed E-state index contributed by atoms with van der Waals surface area (Å²) in [6.07, 6.45) is 0.802. The third-order valence-corrected chi connectivity index (χ3v) is 4.19. The largest absolute Gasteiger partial charge is 0.382 e. The summed E-state index contributed by atoms with van der Waals surface area (Å²) in [7, 11) is -3.68. The zero-order chi connectivity index (χ0) is 15.5. The lowest BCUT2D eigenvalue weighted by molar-refractivity contribution is 0.598. The van der Waals surface area contributed by atoms with Crippen LogP contribution < -0.4 is 10.5 Å². The maximum Gasteiger partial charge on any atom is 0.238 e. The molecule has 0 spiro atoms. The topological polar surface area (TPSA) is 72.2 Å². The number of nitrogens with two attached hydrogens (primary N) is 1. The summed E-state index contributed by atoms with van der Waals surface area (Å²) >= 11 is 5.85. The molecule has 112 valence electrons. The fraction of sp³-hybridized carbons (Fsp3) is 0.200. The quantitative estimate of drug-likeness (QED) is 0.888. The highest BCUT2D eigenvalue weighted by Crippen LogP contribution is 2.17. The molecule has 0 radical (unpaired) electrons. The molecule has 0 aliphatic carbocycles. The van der Waals surface area contributed by atoms with Crippen LogP contribution in [0.15, 0.2) is 53.4 Å². The molecule has 2 aromatic rings. The van der Waals surface area contributed by atoms with E-state index in [4.69, 9.17) is 16.7 Å². The van der Waals surface area contributed by atoms with Crippen molar-refractivity contribution >= 4 is 27.3 Å². The first-order valence-corrected chi connectivity index (χ1v) is 8.41. The first-order valence-electron chi connectivity index (χ1n) is 6.48. The Morgan fingerprint density at radius 3 is 2.48 bits per heavy atom. The van der Waals surface area contributed by atoms with Crippen LogP contribution in [0, 0.1) is 0 Å². The maximum atomic E-state index is 11.3. The molecule has 0 saturated carbocycles. The minimum Gasteiger partial charge on any atom is -0.382 e. The van der Waals surface area contributed by atoms with Crippen molar-refractivity contribution in [1.29, 1.82) is 0 Å². The third-order valence-electron chi connectivity index (χ3n) is 3.03. The van der Waals surface area contributed by atoms with Crippen LogP contribution in [0.5, 0.6) is 0 Å². The predicted octanol–water partition coefficient (Wildman–Crippen LogP) is 3.03. The van der Waals surface area contributed by atoms with Crippen molar-refractivity contribution in [2.75, 3.05) is 5.32 Å². The molecule has 1 atom stereocenters. The van der Waals surface area contributed by atoms with Gasteiger partial charge in [0.2, 0.25) is 10.0 Å². The second kappa shape index (κ2) is 6.47. The molecule has 1 unspecified atom stereocenters. The lowest BCUT2D eigenvalue weighted by Crippen LogP contribution is -2.19. The van der Waals surface area contributed by atoms with E-state index in [1.54, 1.807) is 6.07 Å². The van der Waals surface area contributed by atoms with E-state index >= 15 is 0 Å². The Labute approximate surface area is 130 Å². The summed E-state index contributed by atoms with van der Waals surface area (Å²) in [6.45, 7) is 2.03. The van der Waals surface area contributed by atoms with Crippen LogP contribution in [0.3, 0.4) is 0 Å². The molecule has 0 amide bonds. The van der Waals surface area contributed by atoms with E-state index in [-0.39, 0.29) is 10.9 Å². The first kappa shape index (κ1) is 15.8. The summed E-state index contributed by atoms with van der Waals surface area (Å²) in [4.78, 5) is 0.103. The van der Waals surface area contributed by atoms with E-state index in [0.717, 1.165) is 17.7 Å². The average molecular weight is 325 g/mol. The standard InChI is InChI=1S/C15H17ClN2O2S/c1-11(9-12-5-7-13(16)8-6-12)18-14-3-2-4-15(10-14)21(17,19)20/h2-8,10-11,18H,9H2,1H3,(H2,17,19,20). The zero-order valence-corrected chi connectivity index (χ0v) is 13.2. The second-order valence-corrected chi connectivity index (χ2v) is 6.95. The molecule has 6 heteroatoms. The van der Waals surface area contributed by atoms with E-state index in [1.807, 2.05) is 37.3 Å². The van der Waals surface area contributed by atoms with Crippen molar-refractivity contribution < 1.29 is 8.42 Å². The van der Waals surface area contributed by atoms with Crippen LogP contribution in [-0.4, -0.2) is 14.5 Å². The summed E-state index contributed by atoms with van der Waals surface area (Å²) in [5.74, 6) is 0. The number of hydrogen-bond donors (Lipinski definition) is 2. The van der Waals surface area contributed by atoms with Crippen LogP contribution in [0.4, 0.5) is 5.69 Å². The molecule has 0 aliphatic rings. The highest BCUT2D eigenvalue weighted by molar-refractivity contribution is 7.89. The predicted molar refractivity (Wildman–Crippen MR) is 86.1 cm³/mol. The molecule has 4 nitrogen and oxygen atoms in total. The van der Waals surface area contributed by atoms with E-state index in [0.29, 0.717) is 5.02 Å². The van der Waals surface area contributed by atoms with Gasteiger partial charge in [-0.3, -0.25) is 0 Å². The smallest absolute Gasteiger partial charge is 0.238 e. The molecule has 3 N–H and O–H groups in total. The Kier molecular flexibility index (Phi) is 4.88. The number of benzene rings is 2. The van der Waals surface area contributed by atoms with Crippen molar-refractivity contribution in [3.8, 4) is 0 Å². The number of sulfonamides is 1. The monoisotopic (exact) mass is 324 g/mol. The summed E-state index contributed by atoms with van der Waals surface area (Å²) in [5.41, 5.74) is 1.88. The number of hydrogen-bond acceptors (Lipinski definition) is 3. The van der Waals surface area contributed by atoms with Gasteiger partial charge in [-0.2, -0.15) is 0 Å². The molecule has 2 rings (SSSR count). The number of rotatable bonds is 5. The summed E-state index contributed by atoms with van der Waals surface area (Å²) < 4.78 is 22.7. The van der Waals surface area contributed by atoms with Gasteiger partial charge in [0.1, 0.15) is 0 Å². The summed E-state index contributed by atoms with van der Waals surface area (Å²) in [6, 6.07) is 14.3. The van der Waals surface area contributed by atoms with Gasteiger partial charge in [-0.05, 0) is 49.2 Å². The normalized spacial score (nSPS) is 12.9. The van der Waals surface area contributed by atoms with E-state index in [9.17, 15) is 8.42 Å². The summed E-state index contributed by atoms with van der Waals surface area (Å²) in [5, 5.41) is 9.10. The number of nitrogens with one attached hydrogen (secondary N) is 1. The molecule has 0 aliphatic heterocycles. The number of anilines is 1. The van der Waals surface area contributed by atoms with E-state index in [1.165, 1.54) is 12.1 Å². The van der Waals surface area contributed by atoms with Crippen molar-refractivity contribution in [2.24, 2.45) is 5.14 Å². The first-order chi connectivity index (χ1) is 9.84. The van der Waals surface area contributed by atoms with Gasteiger partial charge in [0, 0.05) is 16.8 Å². The highest BCUT2D eigenvalue weighted by Gasteiger charge is 2.09. The van der Waals surface area contributed by atoms with Crippen LogP contribution in [0.1, 0.15) is 12.5 Å². The second-order valence-electron chi connectivity index (χ2n) is 4.95. The fourth-order valence-corrected chi connectivity index (χ4v) is 2.76. The fourth-order valence-electron chi connectivity index (χ4n) is 2.07. The van der Waals surface area contributed by atoms with E-state index in [2.05, 4.69) is 5.32 Å². The van der Waals surface area contributed by atoms with Crippen molar-refractivity contribution in [3.63, 3.8) is 0 Å². The van der Waals surface area contributed by atoms with Gasteiger partial charge in [-0.25, -0.2) is 13.6 Å². The molecule has 0 heterocycles. The maximum absolute atomic E-state index is 11.3. The minimum absolute atomic E-state index is 0.103. The average Bonchev–Trinajstić information content (AvgIpc) is 2.41. The minimum atomic E-state index is -3.68. The Bertz CT molecular complexity index is 715. The Morgan fingerprint density at radius 2 is 1.86 bits per heavy atom. The van der Waals surface area contributed by atoms with Crippen LogP contribution in [0.25, 0.3) is 0 Å². The van der Waals surface area contributed by atoms with Crippen molar-refractivity contribution in [1.82, 2.24) is 0 Å². The molecule has 0 bridgehead atoms. The number of halogens is 1. The Hall–Kier alpha value is -1.56. The van der Waals surface area contributed by atoms with Crippen LogP contribution >= 0.6 is 11.6 Å². The van der Waals surface area contributed by atoms with Gasteiger partial charge >= 0.3 is 0 Å². The zero-order valence-electron chi connectivity index (χ0n) is 11.6. The molecule has 2 aromatic carbocycles. The molecule has 0 saturated heterocycles. The van der Waals surface area contributed by atoms with Gasteiger partial charge in [0.05, 0.1) is 4.90 Å². The lowest BCUT2D eigenvalue weighted by atomic mass is 10.1. The van der Waals surface area contributed by atoms with Crippen LogP contribution in [0.2, 0.25) is 5.02 Å². The Morgan fingerprint density at radius 1 is 1.19 bits per heavy atom. The highest BCUT2D eigenvalue weighted by atomic mass is 35.5. The van der Waals surface area contributed by atoms with E-state index < -0.39 is 10.0 Å². The number of primary sulfonamides is 1. The SMILES string of the molecule is CC(Cc1ccc(Cl)cc1)Nc1cccc(S(N)(=O)=O)c1. The third kappa shape index (κ3) is 4.74. The van der Waals surface area contributed by atoms with Crippen molar-refractivity contribution in [2.45, 2.75) is 24.3 Å².